The maximum atomic E-state index is 12.8. The zero-order chi connectivity index (χ0) is 25.2. The van der Waals surface area contributed by atoms with Crippen molar-refractivity contribution < 1.29 is 29.3 Å². The lowest BCUT2D eigenvalue weighted by atomic mass is 9.98. The van der Waals surface area contributed by atoms with Crippen LogP contribution in [0.15, 0.2) is 48.5 Å². The second-order valence-corrected chi connectivity index (χ2v) is 8.87. The first-order valence-corrected chi connectivity index (χ1v) is 12.2. The van der Waals surface area contributed by atoms with Crippen LogP contribution in [0.5, 0.6) is 0 Å². The Morgan fingerprint density at radius 1 is 0.971 bits per heavy atom. The Bertz CT molecular complexity index is 973. The van der Waals surface area contributed by atoms with E-state index in [9.17, 15) is 19.5 Å². The Morgan fingerprint density at radius 2 is 1.60 bits per heavy atom. The van der Waals surface area contributed by atoms with Crippen molar-refractivity contribution in [1.29, 1.82) is 0 Å². The van der Waals surface area contributed by atoms with Crippen LogP contribution >= 0.6 is 0 Å². The van der Waals surface area contributed by atoms with Gasteiger partial charge in [-0.1, -0.05) is 61.9 Å². The molecule has 0 spiro atoms. The topological polar surface area (TPSA) is 125 Å². The number of carboxylic acids is 1. The number of ether oxygens (including phenoxy) is 1. The van der Waals surface area contributed by atoms with Crippen molar-refractivity contribution in [3.8, 4) is 11.1 Å². The van der Waals surface area contributed by atoms with Crippen LogP contribution in [0.1, 0.15) is 56.1 Å². The molecule has 0 saturated carbocycles. The van der Waals surface area contributed by atoms with E-state index in [4.69, 9.17) is 9.84 Å². The molecule has 0 saturated heterocycles. The lowest BCUT2D eigenvalue weighted by Crippen LogP contribution is -2.48. The van der Waals surface area contributed by atoms with Crippen molar-refractivity contribution in [2.24, 2.45) is 5.92 Å². The maximum Gasteiger partial charge on any atom is 0.407 e. The smallest absolute Gasteiger partial charge is 0.407 e. The van der Waals surface area contributed by atoms with Gasteiger partial charge in [0.15, 0.2) is 0 Å². The number of hydrogen-bond donors (Lipinski definition) is 4. The van der Waals surface area contributed by atoms with Crippen molar-refractivity contribution in [2.75, 3.05) is 19.8 Å². The monoisotopic (exact) mass is 482 g/mol. The molecule has 3 rings (SSSR count). The van der Waals surface area contributed by atoms with Crippen LogP contribution in [0.3, 0.4) is 0 Å². The Balaban J connectivity index is 1.61. The normalized spacial score (nSPS) is 13.9. The fraction of sp³-hybridized carbons (Fsp3) is 0.444. The van der Waals surface area contributed by atoms with Crippen molar-refractivity contribution in [2.45, 2.75) is 51.0 Å². The molecule has 2 atom stereocenters. The predicted octanol–water partition coefficient (Wildman–Crippen LogP) is 3.67. The number of alkyl carbamates (subject to hydrolysis) is 1. The number of aliphatic hydroxyl groups is 1. The van der Waals surface area contributed by atoms with Gasteiger partial charge in [0.1, 0.15) is 12.6 Å². The summed E-state index contributed by atoms with van der Waals surface area (Å²) in [5, 5.41) is 23.6. The first kappa shape index (κ1) is 26.2. The number of carboxylic acid groups (broad SMARTS) is 1. The van der Waals surface area contributed by atoms with E-state index in [1.54, 1.807) is 0 Å². The summed E-state index contributed by atoms with van der Waals surface area (Å²) in [5.74, 6) is -1.52. The number of aliphatic hydroxyl groups excluding tert-OH is 1. The van der Waals surface area contributed by atoms with Gasteiger partial charge in [-0.2, -0.15) is 0 Å². The van der Waals surface area contributed by atoms with Crippen molar-refractivity contribution in [3.05, 3.63) is 59.7 Å². The number of carbonyl (C=O) groups excluding carboxylic acids is 2. The molecule has 8 heteroatoms. The molecule has 2 amide bonds. The van der Waals surface area contributed by atoms with Gasteiger partial charge >= 0.3 is 12.1 Å². The third kappa shape index (κ3) is 7.05. The van der Waals surface area contributed by atoms with Gasteiger partial charge in [-0.25, -0.2) is 4.79 Å². The highest BCUT2D eigenvalue weighted by Crippen LogP contribution is 2.44. The van der Waals surface area contributed by atoms with Crippen molar-refractivity contribution in [3.63, 3.8) is 0 Å². The van der Waals surface area contributed by atoms with Crippen LogP contribution in [0, 0.1) is 5.92 Å². The Hall–Kier alpha value is -3.39. The number of nitrogens with one attached hydrogen (secondary N) is 2. The molecule has 0 aliphatic heterocycles. The van der Waals surface area contributed by atoms with Crippen LogP contribution in [-0.2, 0) is 14.3 Å². The van der Waals surface area contributed by atoms with Crippen molar-refractivity contribution >= 4 is 18.0 Å². The number of aliphatic carboxylic acids is 1. The molecule has 188 valence electrons. The number of rotatable bonds is 13. The first-order valence-electron chi connectivity index (χ1n) is 12.2. The number of amides is 2. The lowest BCUT2D eigenvalue weighted by Gasteiger charge is -2.21. The van der Waals surface area contributed by atoms with E-state index in [-0.39, 0.29) is 37.9 Å². The molecular weight excluding hydrogens is 448 g/mol. The molecule has 8 nitrogen and oxygen atoms in total. The maximum absolute atomic E-state index is 12.8. The molecule has 1 aliphatic rings. The summed E-state index contributed by atoms with van der Waals surface area (Å²) in [6, 6.07) is 14.9. The largest absolute Gasteiger partial charge is 0.481 e. The second kappa shape index (κ2) is 12.9. The van der Waals surface area contributed by atoms with Gasteiger partial charge in [0.2, 0.25) is 5.91 Å². The van der Waals surface area contributed by atoms with Crippen LogP contribution in [0.4, 0.5) is 4.79 Å². The number of benzene rings is 2. The van der Waals surface area contributed by atoms with Gasteiger partial charge in [-0.05, 0) is 47.4 Å². The molecule has 1 aliphatic carbocycles. The predicted molar refractivity (Wildman–Crippen MR) is 132 cm³/mol. The minimum Gasteiger partial charge on any atom is -0.481 e. The Morgan fingerprint density at radius 3 is 2.17 bits per heavy atom. The fourth-order valence-electron chi connectivity index (χ4n) is 4.63. The number of fused-ring (bicyclic) bond motifs is 3. The molecule has 0 radical (unpaired) electrons. The van der Waals surface area contributed by atoms with Gasteiger partial charge in [-0.15, -0.1) is 0 Å². The first-order chi connectivity index (χ1) is 16.9. The van der Waals surface area contributed by atoms with E-state index in [1.807, 2.05) is 55.5 Å². The van der Waals surface area contributed by atoms with Gasteiger partial charge < -0.3 is 25.6 Å². The van der Waals surface area contributed by atoms with Gasteiger partial charge in [0.05, 0.1) is 0 Å². The van der Waals surface area contributed by atoms with Crippen LogP contribution in [0.2, 0.25) is 0 Å². The van der Waals surface area contributed by atoms with Crippen LogP contribution in [-0.4, -0.2) is 54.0 Å². The lowest BCUT2D eigenvalue weighted by molar-refractivity contribution is -0.137. The minimum absolute atomic E-state index is 0.0287. The molecule has 0 heterocycles. The third-order valence-electron chi connectivity index (χ3n) is 6.40. The molecular formula is C27H34N2O6. The highest BCUT2D eigenvalue weighted by atomic mass is 16.5. The Kier molecular flexibility index (Phi) is 9.66. The summed E-state index contributed by atoms with van der Waals surface area (Å²) in [7, 11) is 0. The van der Waals surface area contributed by atoms with E-state index in [0.717, 1.165) is 35.1 Å². The summed E-state index contributed by atoms with van der Waals surface area (Å²) in [5.41, 5.74) is 4.38. The quantitative estimate of drug-likeness (QED) is 0.345. The number of carbonyl (C=O) groups is 3. The summed E-state index contributed by atoms with van der Waals surface area (Å²) >= 11 is 0. The van der Waals surface area contributed by atoms with E-state index in [2.05, 4.69) is 10.6 Å². The molecule has 2 aromatic rings. The SMILES string of the molecule is CCCC(CCO)CNC(=O)C(CCC(=O)O)NC(=O)OCC1c2ccccc2-c2ccccc21. The standard InChI is InChI=1S/C27H34N2O6/c1-2-7-18(14-15-30)16-28-26(33)24(12-13-25(31)32)29-27(34)35-17-23-21-10-5-3-8-19(21)20-9-4-6-11-22(20)23/h3-6,8-11,18,23-24,30H,2,7,12-17H2,1H3,(H,28,33)(H,29,34)(H,31,32). The van der Waals surface area contributed by atoms with Crippen molar-refractivity contribution in [1.82, 2.24) is 10.6 Å². The van der Waals surface area contributed by atoms with Crippen LogP contribution < -0.4 is 10.6 Å². The summed E-state index contributed by atoms with van der Waals surface area (Å²) in [4.78, 5) is 36.5. The van der Waals surface area contributed by atoms with Crippen LogP contribution in [0.25, 0.3) is 11.1 Å². The third-order valence-corrected chi connectivity index (χ3v) is 6.40. The van der Waals surface area contributed by atoms with E-state index >= 15 is 0 Å². The van der Waals surface area contributed by atoms with E-state index < -0.39 is 24.0 Å². The number of hydrogen-bond acceptors (Lipinski definition) is 5. The fourth-order valence-corrected chi connectivity index (χ4v) is 4.63. The Labute approximate surface area is 205 Å². The van der Waals surface area contributed by atoms with Gasteiger partial charge in [-0.3, -0.25) is 9.59 Å². The van der Waals surface area contributed by atoms with E-state index in [0.29, 0.717) is 13.0 Å². The highest BCUT2D eigenvalue weighted by Gasteiger charge is 2.30. The summed E-state index contributed by atoms with van der Waals surface area (Å²) in [6.07, 6.45) is 1.24. The summed E-state index contributed by atoms with van der Waals surface area (Å²) < 4.78 is 5.52. The molecule has 0 bridgehead atoms. The highest BCUT2D eigenvalue weighted by molar-refractivity contribution is 5.86. The molecule has 2 aromatic carbocycles. The minimum atomic E-state index is -1.05. The van der Waals surface area contributed by atoms with Gasteiger partial charge in [0.25, 0.3) is 0 Å². The molecule has 0 fully saturated rings. The van der Waals surface area contributed by atoms with Gasteiger partial charge in [0, 0.05) is 25.5 Å². The zero-order valence-corrected chi connectivity index (χ0v) is 20.0. The average molecular weight is 483 g/mol. The zero-order valence-electron chi connectivity index (χ0n) is 20.0. The molecule has 35 heavy (non-hydrogen) atoms. The summed E-state index contributed by atoms with van der Waals surface area (Å²) in [6.45, 7) is 2.51. The molecule has 2 unspecified atom stereocenters. The molecule has 4 N–H and O–H groups in total. The average Bonchev–Trinajstić information content (AvgIpc) is 3.17. The second-order valence-electron chi connectivity index (χ2n) is 8.87. The molecule has 0 aromatic heterocycles. The van der Waals surface area contributed by atoms with E-state index in [1.165, 1.54) is 0 Å².